The number of rotatable bonds is 5. The summed E-state index contributed by atoms with van der Waals surface area (Å²) in [6.07, 6.45) is 1.33. The molecule has 2 heterocycles. The van der Waals surface area contributed by atoms with Crippen LogP contribution in [0.25, 0.3) is 0 Å². The van der Waals surface area contributed by atoms with Crippen molar-refractivity contribution in [2.24, 2.45) is 0 Å². The van der Waals surface area contributed by atoms with Gasteiger partial charge in [-0.25, -0.2) is 13.2 Å². The molecule has 1 atom stereocenters. The molecule has 9 heteroatoms. The van der Waals surface area contributed by atoms with E-state index in [0.717, 1.165) is 0 Å². The molecule has 1 unspecified atom stereocenters. The molecule has 2 fully saturated rings. The number of carboxylic acid groups (broad SMARTS) is 1. The predicted molar refractivity (Wildman–Crippen MR) is 98.0 cm³/mol. The summed E-state index contributed by atoms with van der Waals surface area (Å²) in [5.41, 5.74) is 0.879. The molecule has 3 rings (SSSR count). The Morgan fingerprint density at radius 3 is 2.41 bits per heavy atom. The lowest BCUT2D eigenvalue weighted by Gasteiger charge is -2.36. The van der Waals surface area contributed by atoms with Gasteiger partial charge in [0.1, 0.15) is 0 Å². The van der Waals surface area contributed by atoms with Gasteiger partial charge in [0.25, 0.3) is 0 Å². The van der Waals surface area contributed by atoms with Crippen molar-refractivity contribution < 1.29 is 27.9 Å². The van der Waals surface area contributed by atoms with Crippen LogP contribution in [0.4, 0.5) is 0 Å². The number of nitrogens with zero attached hydrogens (tertiary/aromatic N) is 2. The Morgan fingerprint density at radius 1 is 1.11 bits per heavy atom. The maximum atomic E-state index is 12.8. The van der Waals surface area contributed by atoms with E-state index in [9.17, 15) is 18.0 Å². The van der Waals surface area contributed by atoms with Gasteiger partial charge < -0.3 is 14.7 Å². The molecule has 0 spiro atoms. The molecular weight excluding hydrogens is 372 g/mol. The molecule has 2 aliphatic heterocycles. The normalized spacial score (nSPS) is 21.8. The van der Waals surface area contributed by atoms with Crippen LogP contribution in [0.15, 0.2) is 24.3 Å². The molecule has 1 aromatic carbocycles. The highest BCUT2D eigenvalue weighted by molar-refractivity contribution is 7.89. The zero-order valence-electron chi connectivity index (χ0n) is 15.0. The zero-order chi connectivity index (χ0) is 19.4. The smallest absolute Gasteiger partial charge is 0.335 e. The first-order chi connectivity index (χ1) is 12.9. The number of piperidine rings is 1. The van der Waals surface area contributed by atoms with E-state index in [4.69, 9.17) is 9.84 Å². The Balaban J connectivity index is 1.63. The van der Waals surface area contributed by atoms with Gasteiger partial charge in [-0.1, -0.05) is 12.1 Å². The predicted octanol–water partition coefficient (Wildman–Crippen LogP) is 0.580. The minimum atomic E-state index is -3.45. The minimum Gasteiger partial charge on any atom is -0.478 e. The van der Waals surface area contributed by atoms with Gasteiger partial charge in [-0.2, -0.15) is 4.31 Å². The van der Waals surface area contributed by atoms with Crippen LogP contribution in [0.2, 0.25) is 0 Å². The first-order valence-corrected chi connectivity index (χ1v) is 10.5. The van der Waals surface area contributed by atoms with Crippen LogP contribution in [0, 0.1) is 0 Å². The highest BCUT2D eigenvalue weighted by atomic mass is 32.2. The number of sulfonamides is 1. The summed E-state index contributed by atoms with van der Waals surface area (Å²) in [7, 11) is -3.45. The summed E-state index contributed by atoms with van der Waals surface area (Å²) >= 11 is 0. The van der Waals surface area contributed by atoms with Crippen molar-refractivity contribution in [3.8, 4) is 0 Å². The van der Waals surface area contributed by atoms with Crippen LogP contribution in [-0.2, 0) is 26.0 Å². The van der Waals surface area contributed by atoms with E-state index in [1.807, 2.05) is 0 Å². The Kier molecular flexibility index (Phi) is 6.13. The van der Waals surface area contributed by atoms with E-state index in [1.54, 1.807) is 17.0 Å². The average molecular weight is 396 g/mol. The molecule has 0 aliphatic carbocycles. The average Bonchev–Trinajstić information content (AvgIpc) is 2.69. The summed E-state index contributed by atoms with van der Waals surface area (Å²) in [5.74, 6) is -1.15. The number of ether oxygens (including phenoxy) is 1. The van der Waals surface area contributed by atoms with Crippen molar-refractivity contribution in [3.05, 3.63) is 35.4 Å². The Labute approximate surface area is 158 Å². The summed E-state index contributed by atoms with van der Waals surface area (Å²) in [6, 6.07) is 6.17. The summed E-state index contributed by atoms with van der Waals surface area (Å²) < 4.78 is 32.4. The number of carboxylic acids is 1. The number of aromatic carboxylic acids is 1. The second-order valence-corrected chi connectivity index (χ2v) is 9.05. The Morgan fingerprint density at radius 2 is 1.78 bits per heavy atom. The third kappa shape index (κ3) is 4.66. The maximum Gasteiger partial charge on any atom is 0.335 e. The molecule has 1 N–H and O–H groups in total. The molecule has 27 heavy (non-hydrogen) atoms. The molecule has 2 aliphatic rings. The third-order valence-corrected chi connectivity index (χ3v) is 7.35. The fraction of sp³-hybridized carbons (Fsp3) is 0.556. The van der Waals surface area contributed by atoms with E-state index >= 15 is 0 Å². The van der Waals surface area contributed by atoms with Gasteiger partial charge in [-0.3, -0.25) is 4.79 Å². The van der Waals surface area contributed by atoms with Gasteiger partial charge in [-0.15, -0.1) is 0 Å². The third-order valence-electron chi connectivity index (χ3n) is 5.04. The number of hydrogen-bond acceptors (Lipinski definition) is 5. The summed E-state index contributed by atoms with van der Waals surface area (Å²) in [4.78, 5) is 25.1. The molecule has 0 saturated carbocycles. The van der Waals surface area contributed by atoms with Gasteiger partial charge >= 0.3 is 5.97 Å². The minimum absolute atomic E-state index is 0.129. The van der Waals surface area contributed by atoms with Gasteiger partial charge in [0.15, 0.2) is 0 Å². The van der Waals surface area contributed by atoms with Crippen molar-refractivity contribution in [3.63, 3.8) is 0 Å². The van der Waals surface area contributed by atoms with E-state index in [-0.39, 0.29) is 24.4 Å². The highest BCUT2D eigenvalue weighted by Crippen LogP contribution is 2.22. The van der Waals surface area contributed by atoms with Crippen molar-refractivity contribution >= 4 is 21.9 Å². The van der Waals surface area contributed by atoms with E-state index in [1.165, 1.54) is 16.4 Å². The molecule has 0 bridgehead atoms. The van der Waals surface area contributed by atoms with E-state index < -0.39 is 21.2 Å². The van der Waals surface area contributed by atoms with Crippen molar-refractivity contribution in [1.29, 1.82) is 0 Å². The summed E-state index contributed by atoms with van der Waals surface area (Å²) in [6.45, 7) is 2.28. The molecule has 1 amide bonds. The summed E-state index contributed by atoms with van der Waals surface area (Å²) in [5, 5.41) is 8.35. The largest absolute Gasteiger partial charge is 0.478 e. The van der Waals surface area contributed by atoms with Crippen LogP contribution in [0.3, 0.4) is 0 Å². The molecule has 1 aromatic rings. The maximum absolute atomic E-state index is 12.8. The monoisotopic (exact) mass is 396 g/mol. The highest BCUT2D eigenvalue weighted by Gasteiger charge is 2.37. The first-order valence-electron chi connectivity index (χ1n) is 9.04. The number of morpholine rings is 1. The fourth-order valence-electron chi connectivity index (χ4n) is 3.47. The quantitative estimate of drug-likeness (QED) is 0.781. The molecular formula is C18H24N2O6S. The number of carbonyl (C=O) groups excluding carboxylic acids is 1. The molecule has 148 valence electrons. The van der Waals surface area contributed by atoms with Crippen LogP contribution < -0.4 is 0 Å². The molecule has 8 nitrogen and oxygen atoms in total. The van der Waals surface area contributed by atoms with Crippen molar-refractivity contribution in [2.75, 3.05) is 39.4 Å². The lowest BCUT2D eigenvalue weighted by molar-refractivity contribution is -0.131. The SMILES string of the molecule is O=C(O)c1ccc(CC(=O)N2CCCC(S(=O)(=O)N3CCOCC3)C2)cc1. The molecule has 0 radical (unpaired) electrons. The molecule has 0 aromatic heterocycles. The number of amides is 1. The van der Waals surface area contributed by atoms with Gasteiger partial charge in [0.2, 0.25) is 15.9 Å². The zero-order valence-corrected chi connectivity index (χ0v) is 15.9. The Hall–Kier alpha value is -1.97. The van der Waals surface area contributed by atoms with E-state index in [2.05, 4.69) is 0 Å². The number of likely N-dealkylation sites (tertiary alicyclic amines) is 1. The van der Waals surface area contributed by atoms with Crippen molar-refractivity contribution in [1.82, 2.24) is 9.21 Å². The second-order valence-electron chi connectivity index (χ2n) is 6.84. The second kappa shape index (κ2) is 8.37. The standard InChI is InChI=1S/C18H24N2O6S/c21-17(12-14-3-5-15(6-4-14)18(22)23)19-7-1-2-16(13-19)27(24,25)20-8-10-26-11-9-20/h3-6,16H,1-2,7-13H2,(H,22,23). The van der Waals surface area contributed by atoms with Gasteiger partial charge in [0.05, 0.1) is 30.4 Å². The molecule has 2 saturated heterocycles. The topological polar surface area (TPSA) is 104 Å². The number of hydrogen-bond donors (Lipinski definition) is 1. The first kappa shape index (κ1) is 19.8. The van der Waals surface area contributed by atoms with E-state index in [0.29, 0.717) is 51.3 Å². The van der Waals surface area contributed by atoms with Crippen LogP contribution >= 0.6 is 0 Å². The van der Waals surface area contributed by atoms with Crippen LogP contribution in [-0.4, -0.2) is 79.2 Å². The number of carbonyl (C=O) groups is 2. The lowest BCUT2D eigenvalue weighted by atomic mass is 10.1. The lowest BCUT2D eigenvalue weighted by Crippen LogP contribution is -2.52. The van der Waals surface area contributed by atoms with Crippen LogP contribution in [0.5, 0.6) is 0 Å². The van der Waals surface area contributed by atoms with Crippen LogP contribution in [0.1, 0.15) is 28.8 Å². The van der Waals surface area contributed by atoms with Crippen molar-refractivity contribution in [2.45, 2.75) is 24.5 Å². The van der Waals surface area contributed by atoms with Gasteiger partial charge in [0, 0.05) is 26.2 Å². The number of benzene rings is 1. The Bertz CT molecular complexity index is 787. The fourth-order valence-corrected chi connectivity index (χ4v) is 5.38. The van der Waals surface area contributed by atoms with Gasteiger partial charge in [-0.05, 0) is 30.5 Å².